The molecule has 0 fully saturated rings. The topological polar surface area (TPSA) is 32.8 Å². The number of benzene rings is 14. The quantitative estimate of drug-likeness (QED) is 0.128. The number of rotatable bonds is 10. The van der Waals surface area contributed by atoms with Crippen LogP contribution < -0.4 is 26.2 Å². The minimum absolute atomic E-state index is 0.360. The molecule has 4 nitrogen and oxygen atoms in total. The molecule has 0 radical (unpaired) electrons. The van der Waals surface area contributed by atoms with Crippen LogP contribution in [0.25, 0.3) is 127 Å². The number of fused-ring (bicyclic) bond motifs is 10. The Kier molecular flexibility index (Phi) is 14.6. The van der Waals surface area contributed by atoms with Gasteiger partial charge in [-0.25, -0.2) is 0 Å². The van der Waals surface area contributed by atoms with Gasteiger partial charge in [0, 0.05) is 66.5 Å². The summed E-state index contributed by atoms with van der Waals surface area (Å²) >= 11 is 0. The van der Waals surface area contributed by atoms with E-state index in [-0.39, 0.29) is 6.71 Å². The maximum absolute atomic E-state index is 7.11. The lowest BCUT2D eigenvalue weighted by atomic mass is 9.33. The van der Waals surface area contributed by atoms with E-state index in [9.17, 15) is 0 Å². The van der Waals surface area contributed by atoms with Gasteiger partial charge in [0.1, 0.15) is 22.3 Å². The summed E-state index contributed by atoms with van der Waals surface area (Å²) in [7, 11) is 0. The van der Waals surface area contributed by atoms with Crippen molar-refractivity contribution in [2.24, 2.45) is 0 Å². The molecule has 14 aromatic carbocycles. The lowest BCUT2D eigenvalue weighted by Gasteiger charge is -2.46. The van der Waals surface area contributed by atoms with E-state index in [0.717, 1.165) is 183 Å². The predicted octanol–water partition coefficient (Wildman–Crippen LogP) is 24.4. The van der Waals surface area contributed by atoms with Crippen molar-refractivity contribution in [3.05, 3.63) is 388 Å². The summed E-state index contributed by atoms with van der Waals surface area (Å²) in [5, 5.41) is 4.19. The molecule has 0 amide bonds. The number of anilines is 6. The number of hydrogen-bond acceptors (Lipinski definition) is 4. The fourth-order valence-electron chi connectivity index (χ4n) is 15.7. The summed E-state index contributed by atoms with van der Waals surface area (Å²) in [6.45, 7) is -0.360. The van der Waals surface area contributed by atoms with Gasteiger partial charge in [-0.3, -0.25) is 0 Å². The van der Waals surface area contributed by atoms with Gasteiger partial charge in [0.05, 0.1) is 11.4 Å². The Hall–Kier alpha value is -13.2. The van der Waals surface area contributed by atoms with E-state index < -0.39 is 0 Å². The van der Waals surface area contributed by atoms with Crippen molar-refractivity contribution in [2.45, 2.75) is 0 Å². The first-order valence-electron chi connectivity index (χ1n) is 34.6. The SMILES string of the molecule is C1=C\C=C\C=C\C=C/C(c2cccc(-c3cccc(-c4ccccc4)c3)c2N2c3cc4c(cc3B3c5cc6oc7ccccc7c6cc5N(c5c(-c6cccc(-c7ccccc7)c6)cccc5-c5cccc(-c6ccccc6)c5)c5cc(-c6ccccc6)cc2c53)oc2ccccc24)=C\C=C/1. The average Bonchev–Trinajstić information content (AvgIpc) is 1.53. The summed E-state index contributed by atoms with van der Waals surface area (Å²) in [6.07, 6.45) is 23.4. The van der Waals surface area contributed by atoms with Crippen LogP contribution in [-0.4, -0.2) is 6.71 Å². The molecule has 0 spiro atoms. The fourth-order valence-corrected chi connectivity index (χ4v) is 15.7. The maximum atomic E-state index is 7.11. The molecule has 4 heterocycles. The van der Waals surface area contributed by atoms with Crippen LogP contribution in [0.5, 0.6) is 0 Å². The summed E-state index contributed by atoms with van der Waals surface area (Å²) in [5.41, 5.74) is 30.6. The lowest BCUT2D eigenvalue weighted by Crippen LogP contribution is -2.61. The first-order chi connectivity index (χ1) is 50.1. The standard InChI is InChI=1S/C96H63BN2O2/c1-2-4-6-12-39-68(40-13-7-5-3-1)76-49-29-50-77(72-44-26-41-69(55-72)64-31-14-8-15-32-64)95(76)98-86-60-82-80-47-22-24-53-90(80)100-92(82)62-84(86)97-85-63-93-83(81-48-23-25-54-91(81)101-93)61-87(85)99(89-59-75(58-88(98)94(89)97)67-37-20-11-21-38-67)96-78(73-45-27-42-70(56-73)65-33-16-9-17-34-65)51-30-52-79(96)74-46-28-43-71(57-74)66-35-18-10-19-36-66/h1-63H/b2-1+,3-1?,4-2?,5-3-,6-4+,7-5?,12-6?,13-7-,39-12-,40-13?,68-39?,68-40+. The Morgan fingerprint density at radius 1 is 0.228 bits per heavy atom. The minimum Gasteiger partial charge on any atom is -0.456 e. The first-order valence-corrected chi connectivity index (χ1v) is 34.6. The van der Waals surface area contributed by atoms with Crippen LogP contribution in [0.2, 0.25) is 0 Å². The highest BCUT2D eigenvalue weighted by Gasteiger charge is 2.46. The Morgan fingerprint density at radius 3 is 1.02 bits per heavy atom. The average molecular weight is 1290 g/mol. The van der Waals surface area contributed by atoms with Gasteiger partial charge >= 0.3 is 0 Å². The Bertz CT molecular complexity index is 6050. The second kappa shape index (κ2) is 25.0. The Balaban J connectivity index is 0.985. The van der Waals surface area contributed by atoms with Crippen LogP contribution >= 0.6 is 0 Å². The predicted molar refractivity (Wildman–Crippen MR) is 427 cm³/mol. The molecular formula is C96H63BN2O2. The minimum atomic E-state index is -0.360. The highest BCUT2D eigenvalue weighted by atomic mass is 16.3. The van der Waals surface area contributed by atoms with E-state index in [4.69, 9.17) is 8.83 Å². The number of nitrogens with zero attached hydrogens (tertiary/aromatic N) is 2. The van der Waals surface area contributed by atoms with Crippen molar-refractivity contribution in [2.75, 3.05) is 9.80 Å². The van der Waals surface area contributed by atoms with Crippen LogP contribution in [-0.2, 0) is 0 Å². The number of allylic oxidation sites excluding steroid dienone is 12. The molecule has 1 aliphatic carbocycles. The molecule has 0 saturated carbocycles. The van der Waals surface area contributed by atoms with Crippen molar-refractivity contribution < 1.29 is 8.83 Å². The molecule has 472 valence electrons. The molecule has 0 bridgehead atoms. The van der Waals surface area contributed by atoms with E-state index in [1.54, 1.807) is 0 Å². The zero-order valence-corrected chi connectivity index (χ0v) is 55.2. The molecule has 0 saturated heterocycles. The maximum Gasteiger partial charge on any atom is 0.252 e. The van der Waals surface area contributed by atoms with Gasteiger partial charge in [-0.2, -0.15) is 0 Å². The number of hydrogen-bond donors (Lipinski definition) is 0. The molecular weight excluding hydrogens is 1220 g/mol. The van der Waals surface area contributed by atoms with E-state index in [1.165, 1.54) is 0 Å². The van der Waals surface area contributed by atoms with Gasteiger partial charge in [0.2, 0.25) is 0 Å². The molecule has 16 aromatic rings. The van der Waals surface area contributed by atoms with Crippen LogP contribution in [0.4, 0.5) is 34.1 Å². The van der Waals surface area contributed by atoms with E-state index in [1.807, 2.05) is 0 Å². The van der Waals surface area contributed by atoms with Crippen molar-refractivity contribution in [1.29, 1.82) is 0 Å². The van der Waals surface area contributed by atoms with Gasteiger partial charge in [-0.15, -0.1) is 0 Å². The molecule has 3 aliphatic rings. The number of furan rings is 2. The highest BCUT2D eigenvalue weighted by molar-refractivity contribution is 7.00. The van der Waals surface area contributed by atoms with Gasteiger partial charge in [0.15, 0.2) is 0 Å². The molecule has 19 rings (SSSR count). The van der Waals surface area contributed by atoms with Gasteiger partial charge in [-0.05, 0) is 150 Å². The van der Waals surface area contributed by atoms with Crippen molar-refractivity contribution >= 4 is 107 Å². The second-order valence-corrected chi connectivity index (χ2v) is 26.2. The molecule has 0 N–H and O–H groups in total. The van der Waals surface area contributed by atoms with E-state index in [0.29, 0.717) is 0 Å². The Labute approximate surface area is 587 Å². The zero-order chi connectivity index (χ0) is 66.7. The largest absolute Gasteiger partial charge is 0.456 e. The van der Waals surface area contributed by atoms with Crippen LogP contribution in [0.3, 0.4) is 0 Å². The highest BCUT2D eigenvalue weighted by Crippen LogP contribution is 2.55. The molecule has 2 aliphatic heterocycles. The van der Waals surface area contributed by atoms with E-state index in [2.05, 4.69) is 392 Å². The van der Waals surface area contributed by atoms with Gasteiger partial charge in [0.25, 0.3) is 6.71 Å². The first kappa shape index (κ1) is 59.1. The van der Waals surface area contributed by atoms with Gasteiger partial charge < -0.3 is 18.6 Å². The third-order valence-corrected chi connectivity index (χ3v) is 20.3. The fraction of sp³-hybridized carbons (Fsp3) is 0. The molecule has 2 aromatic heterocycles. The molecule has 5 heteroatoms. The van der Waals surface area contributed by atoms with E-state index >= 15 is 0 Å². The van der Waals surface area contributed by atoms with Crippen molar-refractivity contribution in [3.8, 4) is 77.9 Å². The van der Waals surface area contributed by atoms with Crippen molar-refractivity contribution in [1.82, 2.24) is 0 Å². The summed E-state index contributed by atoms with van der Waals surface area (Å²) < 4.78 is 14.2. The Morgan fingerprint density at radius 2 is 0.574 bits per heavy atom. The number of para-hydroxylation sites is 4. The second-order valence-electron chi connectivity index (χ2n) is 26.2. The monoisotopic (exact) mass is 1290 g/mol. The molecule has 0 atom stereocenters. The third kappa shape index (κ3) is 10.4. The normalized spacial score (nSPS) is 15.2. The molecule has 0 unspecified atom stereocenters. The summed E-state index contributed by atoms with van der Waals surface area (Å²) in [5.74, 6) is 0. The van der Waals surface area contributed by atoms with Gasteiger partial charge in [-0.1, -0.05) is 316 Å². The summed E-state index contributed by atoms with van der Waals surface area (Å²) in [6, 6.07) is 116. The smallest absolute Gasteiger partial charge is 0.252 e. The zero-order valence-electron chi connectivity index (χ0n) is 55.2. The summed E-state index contributed by atoms with van der Waals surface area (Å²) in [4.78, 5) is 5.27. The van der Waals surface area contributed by atoms with Crippen LogP contribution in [0.15, 0.2) is 391 Å². The third-order valence-electron chi connectivity index (χ3n) is 20.3. The molecule has 101 heavy (non-hydrogen) atoms. The van der Waals surface area contributed by atoms with Crippen molar-refractivity contribution in [3.63, 3.8) is 0 Å². The van der Waals surface area contributed by atoms with Crippen LogP contribution in [0.1, 0.15) is 5.56 Å². The lowest BCUT2D eigenvalue weighted by molar-refractivity contribution is 0.669. The van der Waals surface area contributed by atoms with Crippen LogP contribution in [0, 0.1) is 0 Å².